The van der Waals surface area contributed by atoms with Gasteiger partial charge in [0.15, 0.2) is 5.65 Å². The molecule has 0 aliphatic carbocycles. The first-order valence-electron chi connectivity index (χ1n) is 10.7. The number of hydrogen-bond acceptors (Lipinski definition) is 5. The van der Waals surface area contributed by atoms with E-state index in [2.05, 4.69) is 53.9 Å². The summed E-state index contributed by atoms with van der Waals surface area (Å²) in [5.74, 6) is 0.365. The molecule has 4 heterocycles. The molecule has 0 unspecified atom stereocenters. The summed E-state index contributed by atoms with van der Waals surface area (Å²) in [7, 11) is 2.19. The SMILES string of the molecule is CC(C)c1cc(CN2CCN(C)CC2)nc2c(-c3cnc4ccccc4c3)cnn12. The van der Waals surface area contributed by atoms with Crippen LogP contribution in [-0.2, 0) is 6.54 Å². The summed E-state index contributed by atoms with van der Waals surface area (Å²) in [6, 6.07) is 12.6. The van der Waals surface area contributed by atoms with E-state index in [0.29, 0.717) is 5.92 Å². The molecule has 4 aromatic rings. The summed E-state index contributed by atoms with van der Waals surface area (Å²) in [4.78, 5) is 14.6. The zero-order valence-corrected chi connectivity index (χ0v) is 17.9. The molecule has 1 aliphatic rings. The topological polar surface area (TPSA) is 49.6 Å². The minimum absolute atomic E-state index is 0.365. The second-order valence-electron chi connectivity index (χ2n) is 8.62. The van der Waals surface area contributed by atoms with Crippen LogP contribution >= 0.6 is 0 Å². The maximum atomic E-state index is 5.07. The molecule has 30 heavy (non-hydrogen) atoms. The van der Waals surface area contributed by atoms with E-state index in [9.17, 15) is 0 Å². The first-order valence-corrected chi connectivity index (χ1v) is 10.7. The number of likely N-dealkylation sites (N-methyl/N-ethyl adjacent to an activating group) is 1. The van der Waals surface area contributed by atoms with Crippen molar-refractivity contribution in [3.63, 3.8) is 0 Å². The van der Waals surface area contributed by atoms with Gasteiger partial charge in [-0.3, -0.25) is 9.88 Å². The van der Waals surface area contributed by atoms with Crippen LogP contribution in [-0.4, -0.2) is 62.6 Å². The van der Waals surface area contributed by atoms with Crippen LogP contribution in [0.25, 0.3) is 27.7 Å². The molecule has 6 nitrogen and oxygen atoms in total. The van der Waals surface area contributed by atoms with Gasteiger partial charge >= 0.3 is 0 Å². The lowest BCUT2D eigenvalue weighted by molar-refractivity contribution is 0.147. The molecule has 1 aliphatic heterocycles. The zero-order valence-electron chi connectivity index (χ0n) is 17.9. The average Bonchev–Trinajstić information content (AvgIpc) is 3.18. The Hall–Kier alpha value is -2.83. The number of aromatic nitrogens is 4. The lowest BCUT2D eigenvalue weighted by atomic mass is 10.1. The monoisotopic (exact) mass is 400 g/mol. The van der Waals surface area contributed by atoms with Crippen molar-refractivity contribution in [3.05, 3.63) is 60.2 Å². The van der Waals surface area contributed by atoms with Gasteiger partial charge in [-0.25, -0.2) is 9.50 Å². The van der Waals surface area contributed by atoms with E-state index in [-0.39, 0.29) is 0 Å². The first-order chi connectivity index (χ1) is 14.6. The normalized spacial score (nSPS) is 16.1. The zero-order chi connectivity index (χ0) is 20.7. The van der Waals surface area contributed by atoms with E-state index >= 15 is 0 Å². The summed E-state index contributed by atoms with van der Waals surface area (Å²) in [5, 5.41) is 5.83. The molecule has 6 heteroatoms. The minimum Gasteiger partial charge on any atom is -0.304 e. The first kappa shape index (κ1) is 19.2. The molecule has 1 fully saturated rings. The minimum atomic E-state index is 0.365. The number of piperazine rings is 1. The predicted octanol–water partition coefficient (Wildman–Crippen LogP) is 3.82. The van der Waals surface area contributed by atoms with Gasteiger partial charge < -0.3 is 4.90 Å². The largest absolute Gasteiger partial charge is 0.304 e. The van der Waals surface area contributed by atoms with Gasteiger partial charge in [0.1, 0.15) is 0 Å². The molecule has 0 saturated carbocycles. The third-order valence-corrected chi connectivity index (χ3v) is 6.03. The number of nitrogens with zero attached hydrogens (tertiary/aromatic N) is 6. The quantitative estimate of drug-likeness (QED) is 0.521. The van der Waals surface area contributed by atoms with Crippen molar-refractivity contribution in [2.24, 2.45) is 0 Å². The molecule has 0 spiro atoms. The van der Waals surface area contributed by atoms with E-state index in [1.54, 1.807) is 0 Å². The number of rotatable bonds is 4. The standard InChI is InChI=1S/C24H28N6/c1-17(2)23-13-20(16-29-10-8-28(3)9-11-29)27-24-21(15-26-30(23)24)19-12-18-6-4-5-7-22(18)25-14-19/h4-7,12-15,17H,8-11,16H2,1-3H3. The maximum Gasteiger partial charge on any atom is 0.163 e. The van der Waals surface area contributed by atoms with Crippen LogP contribution in [0.3, 0.4) is 0 Å². The Morgan fingerprint density at radius 2 is 1.80 bits per heavy atom. The highest BCUT2D eigenvalue weighted by molar-refractivity contribution is 5.86. The Kier molecular flexibility index (Phi) is 4.97. The summed E-state index contributed by atoms with van der Waals surface area (Å²) < 4.78 is 2.00. The van der Waals surface area contributed by atoms with Crippen LogP contribution in [0.4, 0.5) is 0 Å². The number of benzene rings is 1. The van der Waals surface area contributed by atoms with Gasteiger partial charge in [0.25, 0.3) is 0 Å². The number of fused-ring (bicyclic) bond motifs is 2. The lowest BCUT2D eigenvalue weighted by Gasteiger charge is -2.32. The van der Waals surface area contributed by atoms with E-state index in [4.69, 9.17) is 10.1 Å². The van der Waals surface area contributed by atoms with Crippen LogP contribution in [0, 0.1) is 0 Å². The second kappa shape index (κ2) is 7.78. The van der Waals surface area contributed by atoms with Crippen molar-refractivity contribution in [2.75, 3.05) is 33.2 Å². The smallest absolute Gasteiger partial charge is 0.163 e. The summed E-state index contributed by atoms with van der Waals surface area (Å²) in [6.07, 6.45) is 3.86. The second-order valence-corrected chi connectivity index (χ2v) is 8.62. The van der Waals surface area contributed by atoms with E-state index in [1.807, 2.05) is 35.1 Å². The average molecular weight is 401 g/mol. The molecule has 0 bridgehead atoms. The van der Waals surface area contributed by atoms with Gasteiger partial charge in [0, 0.05) is 61.1 Å². The van der Waals surface area contributed by atoms with Gasteiger partial charge in [0.2, 0.25) is 0 Å². The van der Waals surface area contributed by atoms with Gasteiger partial charge in [0.05, 0.1) is 17.4 Å². The van der Waals surface area contributed by atoms with E-state index < -0.39 is 0 Å². The fraction of sp³-hybridized carbons (Fsp3) is 0.375. The van der Waals surface area contributed by atoms with Crippen molar-refractivity contribution in [2.45, 2.75) is 26.3 Å². The Morgan fingerprint density at radius 1 is 1.00 bits per heavy atom. The number of pyridine rings is 1. The Morgan fingerprint density at radius 3 is 2.60 bits per heavy atom. The molecule has 5 rings (SSSR count). The lowest BCUT2D eigenvalue weighted by Crippen LogP contribution is -2.44. The molecule has 0 radical (unpaired) electrons. The predicted molar refractivity (Wildman–Crippen MR) is 121 cm³/mol. The summed E-state index contributed by atoms with van der Waals surface area (Å²) in [5.41, 5.74) is 6.33. The molecular formula is C24H28N6. The van der Waals surface area contributed by atoms with Gasteiger partial charge in [-0.2, -0.15) is 5.10 Å². The van der Waals surface area contributed by atoms with Gasteiger partial charge in [-0.1, -0.05) is 32.0 Å². The molecule has 1 saturated heterocycles. The third kappa shape index (κ3) is 3.57. The van der Waals surface area contributed by atoms with Crippen LogP contribution in [0.2, 0.25) is 0 Å². The molecule has 3 aromatic heterocycles. The molecule has 1 aromatic carbocycles. The fourth-order valence-electron chi connectivity index (χ4n) is 4.19. The van der Waals surface area contributed by atoms with Crippen LogP contribution in [0.1, 0.15) is 31.2 Å². The number of hydrogen-bond donors (Lipinski definition) is 0. The van der Waals surface area contributed by atoms with Crippen LogP contribution in [0.15, 0.2) is 48.8 Å². The van der Waals surface area contributed by atoms with Crippen molar-refractivity contribution in [3.8, 4) is 11.1 Å². The fourth-order valence-corrected chi connectivity index (χ4v) is 4.19. The highest BCUT2D eigenvalue weighted by Crippen LogP contribution is 2.28. The summed E-state index contributed by atoms with van der Waals surface area (Å²) >= 11 is 0. The highest BCUT2D eigenvalue weighted by atomic mass is 15.3. The molecular weight excluding hydrogens is 372 g/mol. The Bertz CT molecular complexity index is 1190. The third-order valence-electron chi connectivity index (χ3n) is 6.03. The van der Waals surface area contributed by atoms with E-state index in [0.717, 1.165) is 66.1 Å². The maximum absolute atomic E-state index is 5.07. The van der Waals surface area contributed by atoms with Crippen molar-refractivity contribution in [1.29, 1.82) is 0 Å². The molecule has 0 N–H and O–H groups in total. The Labute approximate surface area is 177 Å². The molecule has 0 atom stereocenters. The summed E-state index contributed by atoms with van der Waals surface area (Å²) in [6.45, 7) is 9.70. The Balaban J connectivity index is 1.58. The molecule has 154 valence electrons. The molecule has 0 amide bonds. The van der Waals surface area contributed by atoms with Crippen molar-refractivity contribution in [1.82, 2.24) is 29.4 Å². The highest BCUT2D eigenvalue weighted by Gasteiger charge is 2.19. The van der Waals surface area contributed by atoms with Gasteiger partial charge in [-0.15, -0.1) is 0 Å². The van der Waals surface area contributed by atoms with Crippen molar-refractivity contribution >= 4 is 16.6 Å². The van der Waals surface area contributed by atoms with E-state index in [1.165, 1.54) is 5.69 Å². The van der Waals surface area contributed by atoms with Crippen LogP contribution < -0.4 is 0 Å². The van der Waals surface area contributed by atoms with Crippen LogP contribution in [0.5, 0.6) is 0 Å². The van der Waals surface area contributed by atoms with Gasteiger partial charge in [-0.05, 0) is 31.2 Å². The van der Waals surface area contributed by atoms with Crippen molar-refractivity contribution < 1.29 is 0 Å². The number of para-hydroxylation sites is 1.